The summed E-state index contributed by atoms with van der Waals surface area (Å²) in [6.07, 6.45) is 2.53. The van der Waals surface area contributed by atoms with Crippen LogP contribution in [-0.4, -0.2) is 26.7 Å². The van der Waals surface area contributed by atoms with Crippen LogP contribution in [0, 0.1) is 0 Å². The molecule has 4 aromatic rings. The van der Waals surface area contributed by atoms with Gasteiger partial charge in [0.2, 0.25) is 0 Å². The number of fused-ring (bicyclic) bond motifs is 1. The molecule has 0 radical (unpaired) electrons. The Morgan fingerprint density at radius 1 is 0.750 bits per heavy atom. The summed E-state index contributed by atoms with van der Waals surface area (Å²) in [5, 5.41) is 19.5. The number of carbonyl (C=O) groups is 2. The number of carboxylic acids is 2. The molecule has 0 fully saturated rings. The highest BCUT2D eigenvalue weighted by atomic mass is 16.4. The van der Waals surface area contributed by atoms with Crippen molar-refractivity contribution in [3.63, 3.8) is 0 Å². The van der Waals surface area contributed by atoms with Crippen LogP contribution in [0.25, 0.3) is 16.6 Å². The average Bonchev–Trinajstić information content (AvgIpc) is 3.11. The summed E-state index contributed by atoms with van der Waals surface area (Å²) in [7, 11) is 0. The molecule has 0 atom stereocenters. The molecule has 0 saturated carbocycles. The fraction of sp³-hybridized carbons (Fsp3) is 0.0435. The Balaban J connectivity index is 1.72. The van der Waals surface area contributed by atoms with Gasteiger partial charge in [-0.3, -0.25) is 0 Å². The quantitative estimate of drug-likeness (QED) is 0.537. The molecule has 0 spiro atoms. The largest absolute Gasteiger partial charge is 0.478 e. The Morgan fingerprint density at radius 2 is 1.43 bits per heavy atom. The van der Waals surface area contributed by atoms with Crippen LogP contribution in [0.15, 0.2) is 79.0 Å². The molecule has 0 saturated heterocycles. The first-order chi connectivity index (χ1) is 13.5. The Bertz CT molecular complexity index is 1210. The number of aromatic nitrogens is 1. The molecular formula is C23H17NO4. The van der Waals surface area contributed by atoms with Gasteiger partial charge in [-0.2, -0.15) is 0 Å². The first-order valence-electron chi connectivity index (χ1n) is 8.77. The van der Waals surface area contributed by atoms with Gasteiger partial charge in [-0.25, -0.2) is 9.59 Å². The lowest BCUT2D eigenvalue weighted by atomic mass is 10.0. The van der Waals surface area contributed by atoms with E-state index in [1.54, 1.807) is 36.4 Å². The number of benzene rings is 3. The van der Waals surface area contributed by atoms with Gasteiger partial charge in [-0.15, -0.1) is 0 Å². The van der Waals surface area contributed by atoms with Crippen molar-refractivity contribution in [2.24, 2.45) is 0 Å². The average molecular weight is 371 g/mol. The minimum Gasteiger partial charge on any atom is -0.478 e. The molecule has 138 valence electrons. The predicted molar refractivity (Wildman–Crippen MR) is 106 cm³/mol. The van der Waals surface area contributed by atoms with Crippen molar-refractivity contribution in [1.29, 1.82) is 0 Å². The minimum atomic E-state index is -0.961. The molecule has 0 aliphatic rings. The normalized spacial score (nSPS) is 10.9. The number of rotatable bonds is 5. The zero-order valence-corrected chi connectivity index (χ0v) is 14.9. The monoisotopic (exact) mass is 371 g/mol. The van der Waals surface area contributed by atoms with Gasteiger partial charge in [0.25, 0.3) is 0 Å². The Kier molecular flexibility index (Phi) is 4.41. The highest BCUT2D eigenvalue weighted by Gasteiger charge is 2.09. The fourth-order valence-electron chi connectivity index (χ4n) is 3.35. The van der Waals surface area contributed by atoms with Crippen LogP contribution in [0.4, 0.5) is 0 Å². The van der Waals surface area contributed by atoms with Gasteiger partial charge in [0.15, 0.2) is 0 Å². The van der Waals surface area contributed by atoms with E-state index in [1.807, 2.05) is 41.1 Å². The third-order valence-electron chi connectivity index (χ3n) is 4.71. The van der Waals surface area contributed by atoms with Crippen LogP contribution in [0.2, 0.25) is 0 Å². The summed E-state index contributed by atoms with van der Waals surface area (Å²) in [5.41, 5.74) is 4.22. The fourth-order valence-corrected chi connectivity index (χ4v) is 3.35. The van der Waals surface area contributed by atoms with Crippen molar-refractivity contribution in [2.45, 2.75) is 6.42 Å². The van der Waals surface area contributed by atoms with Gasteiger partial charge in [-0.1, -0.05) is 30.3 Å². The van der Waals surface area contributed by atoms with E-state index < -0.39 is 11.9 Å². The minimum absolute atomic E-state index is 0.237. The van der Waals surface area contributed by atoms with Gasteiger partial charge < -0.3 is 14.8 Å². The second-order valence-electron chi connectivity index (χ2n) is 6.62. The van der Waals surface area contributed by atoms with Crippen molar-refractivity contribution in [2.75, 3.05) is 0 Å². The molecule has 5 heteroatoms. The summed E-state index contributed by atoms with van der Waals surface area (Å²) in [6, 6.07) is 21.8. The number of aromatic carboxylic acids is 2. The van der Waals surface area contributed by atoms with Crippen molar-refractivity contribution >= 4 is 22.8 Å². The van der Waals surface area contributed by atoms with Crippen LogP contribution >= 0.6 is 0 Å². The van der Waals surface area contributed by atoms with E-state index in [0.29, 0.717) is 6.42 Å². The smallest absolute Gasteiger partial charge is 0.335 e. The van der Waals surface area contributed by atoms with Crippen molar-refractivity contribution in [3.05, 3.63) is 101 Å². The molecule has 5 nitrogen and oxygen atoms in total. The molecule has 3 aromatic carbocycles. The van der Waals surface area contributed by atoms with Gasteiger partial charge >= 0.3 is 11.9 Å². The van der Waals surface area contributed by atoms with Gasteiger partial charge in [0, 0.05) is 11.9 Å². The maximum absolute atomic E-state index is 11.3. The summed E-state index contributed by atoms with van der Waals surface area (Å²) < 4.78 is 1.96. The Morgan fingerprint density at radius 3 is 2.18 bits per heavy atom. The molecular weight excluding hydrogens is 354 g/mol. The summed E-state index contributed by atoms with van der Waals surface area (Å²) in [6.45, 7) is 0. The SMILES string of the molecule is O=C(O)c1cccc(Cc2ccc3ccn(-c4cccc(C(=O)O)c4)c3c2)c1. The molecule has 0 unspecified atom stereocenters. The zero-order valence-electron chi connectivity index (χ0n) is 14.9. The Labute approximate surface area is 161 Å². The number of hydrogen-bond acceptors (Lipinski definition) is 2. The van der Waals surface area contributed by atoms with Gasteiger partial charge in [0.1, 0.15) is 0 Å². The van der Waals surface area contributed by atoms with E-state index in [-0.39, 0.29) is 11.1 Å². The highest BCUT2D eigenvalue weighted by Crippen LogP contribution is 2.24. The molecule has 28 heavy (non-hydrogen) atoms. The molecule has 0 aliphatic carbocycles. The van der Waals surface area contributed by atoms with Crippen LogP contribution in [0.5, 0.6) is 0 Å². The number of nitrogens with zero attached hydrogens (tertiary/aromatic N) is 1. The first kappa shape index (κ1) is 17.5. The summed E-state index contributed by atoms with van der Waals surface area (Å²) in [4.78, 5) is 22.4. The van der Waals surface area contributed by atoms with E-state index in [1.165, 1.54) is 0 Å². The molecule has 0 bridgehead atoms. The van der Waals surface area contributed by atoms with E-state index in [9.17, 15) is 14.7 Å². The van der Waals surface area contributed by atoms with Crippen LogP contribution < -0.4 is 0 Å². The van der Waals surface area contributed by atoms with E-state index in [4.69, 9.17) is 5.11 Å². The van der Waals surface area contributed by atoms with Crippen molar-refractivity contribution in [3.8, 4) is 5.69 Å². The lowest BCUT2D eigenvalue weighted by molar-refractivity contribution is 0.0686. The third-order valence-corrected chi connectivity index (χ3v) is 4.71. The van der Waals surface area contributed by atoms with Gasteiger partial charge in [-0.05, 0) is 65.4 Å². The maximum atomic E-state index is 11.3. The van der Waals surface area contributed by atoms with Crippen molar-refractivity contribution < 1.29 is 19.8 Å². The second-order valence-corrected chi connectivity index (χ2v) is 6.62. The van der Waals surface area contributed by atoms with E-state index >= 15 is 0 Å². The first-order valence-corrected chi connectivity index (χ1v) is 8.77. The van der Waals surface area contributed by atoms with Crippen LogP contribution in [0.3, 0.4) is 0 Å². The van der Waals surface area contributed by atoms with Gasteiger partial charge in [0.05, 0.1) is 16.6 Å². The lowest BCUT2D eigenvalue weighted by Gasteiger charge is -2.09. The standard InChI is InChI=1S/C23H17NO4/c25-22(26)18-4-1-3-15(12-18)11-16-7-8-17-9-10-24(21(17)13-16)20-6-2-5-19(14-20)23(27)28/h1-10,12-14H,11H2,(H,25,26)(H,27,28). The van der Waals surface area contributed by atoms with E-state index in [0.717, 1.165) is 27.7 Å². The third kappa shape index (κ3) is 3.38. The van der Waals surface area contributed by atoms with Crippen molar-refractivity contribution in [1.82, 2.24) is 4.57 Å². The molecule has 2 N–H and O–H groups in total. The Hall–Kier alpha value is -3.86. The molecule has 0 aliphatic heterocycles. The van der Waals surface area contributed by atoms with E-state index in [2.05, 4.69) is 6.07 Å². The lowest BCUT2D eigenvalue weighted by Crippen LogP contribution is -1.99. The second kappa shape index (κ2) is 7.04. The molecule has 4 rings (SSSR count). The molecule has 1 heterocycles. The predicted octanol–water partition coefficient (Wildman–Crippen LogP) is 4.62. The number of hydrogen-bond donors (Lipinski definition) is 2. The maximum Gasteiger partial charge on any atom is 0.335 e. The molecule has 1 aromatic heterocycles. The topological polar surface area (TPSA) is 79.5 Å². The summed E-state index contributed by atoms with van der Waals surface area (Å²) >= 11 is 0. The highest BCUT2D eigenvalue weighted by molar-refractivity contribution is 5.89. The van der Waals surface area contributed by atoms with Crippen LogP contribution in [0.1, 0.15) is 31.8 Å². The zero-order chi connectivity index (χ0) is 19.7. The summed E-state index contributed by atoms with van der Waals surface area (Å²) in [5.74, 6) is -1.90. The number of carboxylic acid groups (broad SMARTS) is 2. The molecule has 0 amide bonds. The van der Waals surface area contributed by atoms with Crippen LogP contribution in [-0.2, 0) is 6.42 Å².